The first-order valence-corrected chi connectivity index (χ1v) is 9.82. The molecule has 0 bridgehead atoms. The first-order valence-electron chi connectivity index (χ1n) is 9.82. The van der Waals surface area contributed by atoms with E-state index in [0.717, 1.165) is 18.9 Å². The zero-order valence-corrected chi connectivity index (χ0v) is 16.3. The molecule has 25 heavy (non-hydrogen) atoms. The SMILES string of the molecule is C=C1CCCC(C(C)N2CCC(C)(CC3=CC=CC(C)=C=C3)C2=C)C1. The second-order valence-electron chi connectivity index (χ2n) is 8.55. The average molecular weight is 336 g/mol. The van der Waals surface area contributed by atoms with Gasteiger partial charge in [-0.25, -0.2) is 0 Å². The predicted molar refractivity (Wildman–Crippen MR) is 108 cm³/mol. The van der Waals surface area contributed by atoms with E-state index in [1.807, 2.05) is 0 Å². The van der Waals surface area contributed by atoms with Crippen LogP contribution in [0.25, 0.3) is 0 Å². The first kappa shape index (κ1) is 18.1. The van der Waals surface area contributed by atoms with Crippen molar-refractivity contribution in [1.29, 1.82) is 0 Å². The number of hydrogen-bond acceptors (Lipinski definition) is 1. The zero-order chi connectivity index (χ0) is 18.0. The van der Waals surface area contributed by atoms with Gasteiger partial charge in [-0.15, -0.1) is 5.73 Å². The Morgan fingerprint density at radius 1 is 1.40 bits per heavy atom. The quantitative estimate of drug-likeness (QED) is 0.428. The number of nitrogens with zero attached hydrogens (tertiary/aromatic N) is 1. The topological polar surface area (TPSA) is 3.24 Å². The summed E-state index contributed by atoms with van der Waals surface area (Å²) in [5, 5.41) is 0. The van der Waals surface area contributed by atoms with Crippen LogP contribution in [0.4, 0.5) is 0 Å². The number of hydrogen-bond donors (Lipinski definition) is 0. The van der Waals surface area contributed by atoms with Gasteiger partial charge in [0.2, 0.25) is 0 Å². The van der Waals surface area contributed by atoms with Gasteiger partial charge in [-0.3, -0.25) is 0 Å². The molecule has 0 spiro atoms. The highest BCUT2D eigenvalue weighted by Crippen LogP contribution is 2.46. The predicted octanol–water partition coefficient (Wildman–Crippen LogP) is 6.33. The Bertz CT molecular complexity index is 683. The Morgan fingerprint density at radius 3 is 2.96 bits per heavy atom. The van der Waals surface area contributed by atoms with Crippen molar-refractivity contribution in [2.45, 2.75) is 65.3 Å². The maximum Gasteiger partial charge on any atom is 0.0289 e. The highest BCUT2D eigenvalue weighted by Gasteiger charge is 2.41. The fraction of sp³-hybridized carbons (Fsp3) is 0.542. The van der Waals surface area contributed by atoms with Crippen molar-refractivity contribution in [3.05, 3.63) is 65.6 Å². The van der Waals surface area contributed by atoms with Crippen LogP contribution in [0.3, 0.4) is 0 Å². The first-order chi connectivity index (χ1) is 11.9. The van der Waals surface area contributed by atoms with Gasteiger partial charge in [-0.1, -0.05) is 43.9 Å². The van der Waals surface area contributed by atoms with Crippen molar-refractivity contribution in [2.75, 3.05) is 6.54 Å². The fourth-order valence-electron chi connectivity index (χ4n) is 4.67. The molecule has 3 atom stereocenters. The largest absolute Gasteiger partial charge is 0.372 e. The molecule has 1 saturated heterocycles. The van der Waals surface area contributed by atoms with Gasteiger partial charge in [0.1, 0.15) is 0 Å². The lowest BCUT2D eigenvalue weighted by Gasteiger charge is -2.38. The highest BCUT2D eigenvalue weighted by molar-refractivity contribution is 5.35. The zero-order valence-electron chi connectivity index (χ0n) is 16.3. The molecule has 3 unspecified atom stereocenters. The van der Waals surface area contributed by atoms with Crippen molar-refractivity contribution >= 4 is 0 Å². The Morgan fingerprint density at radius 2 is 2.20 bits per heavy atom. The molecule has 1 nitrogen and oxygen atoms in total. The van der Waals surface area contributed by atoms with Crippen molar-refractivity contribution in [2.24, 2.45) is 11.3 Å². The Kier molecular flexibility index (Phi) is 5.25. The Labute approximate surface area is 154 Å². The van der Waals surface area contributed by atoms with E-state index in [0.29, 0.717) is 6.04 Å². The standard InChI is InChI=1S/C24H33N/c1-18-8-6-10-22(13-12-18)17-24(5)14-15-25(21(24)4)20(3)23-11-7-9-19(2)16-23/h6,8,10,13,20,23H,2,4,7,9,11,14-17H2,1,3,5H3. The van der Waals surface area contributed by atoms with Crippen LogP contribution >= 0.6 is 0 Å². The third-order valence-electron chi connectivity index (χ3n) is 6.51. The molecule has 0 aromatic rings. The summed E-state index contributed by atoms with van der Waals surface area (Å²) in [6.45, 7) is 16.8. The van der Waals surface area contributed by atoms with E-state index in [9.17, 15) is 0 Å². The molecule has 0 aromatic carbocycles. The maximum atomic E-state index is 4.55. The molecule has 0 radical (unpaired) electrons. The van der Waals surface area contributed by atoms with E-state index in [1.54, 1.807) is 0 Å². The van der Waals surface area contributed by atoms with Crippen molar-refractivity contribution in [3.63, 3.8) is 0 Å². The molecule has 2 aliphatic carbocycles. The van der Waals surface area contributed by atoms with Crippen molar-refractivity contribution < 1.29 is 0 Å². The molecule has 0 N–H and O–H groups in total. The molecule has 3 rings (SSSR count). The maximum absolute atomic E-state index is 4.55. The lowest BCUT2D eigenvalue weighted by molar-refractivity contribution is 0.193. The van der Waals surface area contributed by atoms with Crippen LogP contribution in [0.5, 0.6) is 0 Å². The molecule has 134 valence electrons. The Balaban J connectivity index is 1.70. The molecular formula is C24H33N. The fourth-order valence-corrected chi connectivity index (χ4v) is 4.67. The van der Waals surface area contributed by atoms with Gasteiger partial charge in [0.15, 0.2) is 0 Å². The summed E-state index contributed by atoms with van der Waals surface area (Å²) in [7, 11) is 0. The minimum absolute atomic E-state index is 0.163. The van der Waals surface area contributed by atoms with E-state index < -0.39 is 0 Å². The second-order valence-corrected chi connectivity index (χ2v) is 8.55. The van der Waals surface area contributed by atoms with E-state index in [-0.39, 0.29) is 5.41 Å². The molecule has 1 heterocycles. The summed E-state index contributed by atoms with van der Waals surface area (Å²) in [4.78, 5) is 2.60. The van der Waals surface area contributed by atoms with Gasteiger partial charge in [0.25, 0.3) is 0 Å². The molecule has 0 aromatic heterocycles. The third-order valence-corrected chi connectivity index (χ3v) is 6.51. The molecule has 1 aliphatic heterocycles. The number of likely N-dealkylation sites (tertiary alicyclic amines) is 1. The summed E-state index contributed by atoms with van der Waals surface area (Å²) < 4.78 is 0. The van der Waals surface area contributed by atoms with Crippen molar-refractivity contribution in [3.8, 4) is 0 Å². The minimum atomic E-state index is 0.163. The van der Waals surface area contributed by atoms with Crippen LogP contribution in [-0.4, -0.2) is 17.5 Å². The van der Waals surface area contributed by atoms with Crippen LogP contribution in [0.1, 0.15) is 59.3 Å². The van der Waals surface area contributed by atoms with Crippen LogP contribution in [0.15, 0.2) is 65.6 Å². The van der Waals surface area contributed by atoms with Crippen LogP contribution in [0, 0.1) is 11.3 Å². The highest BCUT2D eigenvalue weighted by atomic mass is 15.2. The van der Waals surface area contributed by atoms with E-state index in [1.165, 1.54) is 54.5 Å². The molecular weight excluding hydrogens is 302 g/mol. The molecule has 3 aliphatic rings. The average Bonchev–Trinajstić information content (AvgIpc) is 2.73. The second kappa shape index (κ2) is 7.26. The summed E-state index contributed by atoms with van der Waals surface area (Å²) in [6.07, 6.45) is 16.0. The summed E-state index contributed by atoms with van der Waals surface area (Å²) in [6, 6.07) is 0.576. The van der Waals surface area contributed by atoms with Gasteiger partial charge in [-0.2, -0.15) is 0 Å². The Hall–Kier alpha value is -1.72. The molecule has 1 saturated carbocycles. The molecule has 1 heteroatoms. The number of rotatable bonds is 4. The normalized spacial score (nSPS) is 31.0. The van der Waals surface area contributed by atoms with Gasteiger partial charge in [0.05, 0.1) is 0 Å². The number of allylic oxidation sites excluding steroid dienone is 7. The smallest absolute Gasteiger partial charge is 0.0289 e. The van der Waals surface area contributed by atoms with Crippen LogP contribution in [0.2, 0.25) is 0 Å². The summed E-state index contributed by atoms with van der Waals surface area (Å²) in [5.41, 5.74) is 8.86. The summed E-state index contributed by atoms with van der Waals surface area (Å²) in [5.74, 6) is 0.742. The molecule has 0 amide bonds. The van der Waals surface area contributed by atoms with Crippen molar-refractivity contribution in [1.82, 2.24) is 4.90 Å². The van der Waals surface area contributed by atoms with E-state index in [4.69, 9.17) is 0 Å². The van der Waals surface area contributed by atoms with Gasteiger partial charge < -0.3 is 4.90 Å². The minimum Gasteiger partial charge on any atom is -0.372 e. The van der Waals surface area contributed by atoms with Crippen LogP contribution < -0.4 is 0 Å². The monoisotopic (exact) mass is 335 g/mol. The van der Waals surface area contributed by atoms with Gasteiger partial charge in [-0.05, 0) is 75.5 Å². The van der Waals surface area contributed by atoms with Gasteiger partial charge in [0, 0.05) is 23.7 Å². The van der Waals surface area contributed by atoms with Crippen LogP contribution in [-0.2, 0) is 0 Å². The lowest BCUT2D eigenvalue weighted by Crippen LogP contribution is -2.37. The third kappa shape index (κ3) is 3.93. The summed E-state index contributed by atoms with van der Waals surface area (Å²) >= 11 is 0. The molecule has 2 fully saturated rings. The van der Waals surface area contributed by atoms with E-state index >= 15 is 0 Å². The van der Waals surface area contributed by atoms with E-state index in [2.05, 4.69) is 68.9 Å². The van der Waals surface area contributed by atoms with Gasteiger partial charge >= 0.3 is 0 Å². The lowest BCUT2D eigenvalue weighted by atomic mass is 9.79.